The van der Waals surface area contributed by atoms with E-state index >= 15 is 0 Å². The molecule has 0 aliphatic carbocycles. The maximum atomic E-state index is 11.9. The minimum atomic E-state index is -0.501. The van der Waals surface area contributed by atoms with E-state index in [0.717, 1.165) is 11.0 Å². The van der Waals surface area contributed by atoms with Gasteiger partial charge in [0.05, 0.1) is 21.7 Å². The predicted molar refractivity (Wildman–Crippen MR) is 88.5 cm³/mol. The minimum absolute atomic E-state index is 0.0623. The molecule has 0 saturated carbocycles. The monoisotopic (exact) mass is 328 g/mol. The molecule has 0 spiro atoms. The summed E-state index contributed by atoms with van der Waals surface area (Å²) in [4.78, 5) is 29.6. The molecule has 3 rings (SSSR count). The molecule has 0 fully saturated rings. The zero-order valence-corrected chi connectivity index (χ0v) is 12.7. The molecular formula is C15H12N4O3S. The van der Waals surface area contributed by atoms with Gasteiger partial charge in [0.1, 0.15) is 0 Å². The molecule has 1 aromatic heterocycles. The second-order valence-corrected chi connectivity index (χ2v) is 5.67. The summed E-state index contributed by atoms with van der Waals surface area (Å²) >= 11 is 1.27. The number of nitro benzene ring substituents is 1. The van der Waals surface area contributed by atoms with Gasteiger partial charge in [0.25, 0.3) is 5.69 Å². The number of aromatic nitrogens is 2. The van der Waals surface area contributed by atoms with Crippen molar-refractivity contribution in [2.24, 2.45) is 0 Å². The van der Waals surface area contributed by atoms with E-state index in [2.05, 4.69) is 15.3 Å². The van der Waals surface area contributed by atoms with Crippen molar-refractivity contribution in [3.63, 3.8) is 0 Å². The molecular weight excluding hydrogens is 316 g/mol. The maximum absolute atomic E-state index is 11.9. The van der Waals surface area contributed by atoms with Gasteiger partial charge in [0.2, 0.25) is 5.91 Å². The van der Waals surface area contributed by atoms with Gasteiger partial charge in [0.15, 0.2) is 5.16 Å². The number of hydrogen-bond donors (Lipinski definition) is 2. The summed E-state index contributed by atoms with van der Waals surface area (Å²) in [5.41, 5.74) is 2.09. The van der Waals surface area contributed by atoms with Gasteiger partial charge in [-0.05, 0) is 18.2 Å². The molecule has 0 atom stereocenters. The molecule has 3 aromatic rings. The van der Waals surface area contributed by atoms with Crippen LogP contribution >= 0.6 is 11.8 Å². The number of carbonyl (C=O) groups is 1. The minimum Gasteiger partial charge on any atom is -0.333 e. The molecule has 0 saturated heterocycles. The number of para-hydroxylation sites is 2. The zero-order chi connectivity index (χ0) is 16.2. The molecule has 1 heterocycles. The molecule has 2 aromatic carbocycles. The number of nitrogens with zero attached hydrogens (tertiary/aromatic N) is 2. The highest BCUT2D eigenvalue weighted by Gasteiger charge is 2.10. The molecule has 23 heavy (non-hydrogen) atoms. The number of nitro groups is 1. The lowest BCUT2D eigenvalue weighted by Crippen LogP contribution is -2.14. The highest BCUT2D eigenvalue weighted by Crippen LogP contribution is 2.20. The van der Waals surface area contributed by atoms with Gasteiger partial charge in [-0.1, -0.05) is 30.0 Å². The Balaban J connectivity index is 1.61. The van der Waals surface area contributed by atoms with E-state index in [0.29, 0.717) is 10.8 Å². The van der Waals surface area contributed by atoms with Crippen molar-refractivity contribution < 1.29 is 9.72 Å². The van der Waals surface area contributed by atoms with E-state index in [1.807, 2.05) is 24.3 Å². The Morgan fingerprint density at radius 3 is 2.87 bits per heavy atom. The summed E-state index contributed by atoms with van der Waals surface area (Å²) in [6.07, 6.45) is 0. The number of imidazole rings is 1. The Hall–Kier alpha value is -2.87. The number of hydrogen-bond acceptors (Lipinski definition) is 5. The zero-order valence-electron chi connectivity index (χ0n) is 11.9. The topological polar surface area (TPSA) is 101 Å². The molecule has 8 heteroatoms. The van der Waals surface area contributed by atoms with E-state index in [1.54, 1.807) is 6.07 Å². The Kier molecular flexibility index (Phi) is 4.24. The number of fused-ring (bicyclic) bond motifs is 1. The van der Waals surface area contributed by atoms with Gasteiger partial charge < -0.3 is 10.3 Å². The largest absolute Gasteiger partial charge is 0.333 e. The van der Waals surface area contributed by atoms with Gasteiger partial charge in [-0.15, -0.1) is 0 Å². The van der Waals surface area contributed by atoms with Crippen molar-refractivity contribution in [3.05, 3.63) is 58.6 Å². The third-order valence-electron chi connectivity index (χ3n) is 3.05. The number of nitrogens with one attached hydrogen (secondary N) is 2. The molecule has 0 radical (unpaired) electrons. The smallest absolute Gasteiger partial charge is 0.271 e. The van der Waals surface area contributed by atoms with Crippen molar-refractivity contribution >= 4 is 40.1 Å². The fourth-order valence-corrected chi connectivity index (χ4v) is 2.71. The first kappa shape index (κ1) is 15.0. The summed E-state index contributed by atoms with van der Waals surface area (Å²) in [6, 6.07) is 13.4. The summed E-state index contributed by atoms with van der Waals surface area (Å²) in [6.45, 7) is 0. The SMILES string of the molecule is O=C(CSc1nc2ccccc2[nH]1)Nc1cccc([N+](=O)[O-])c1. The number of benzene rings is 2. The van der Waals surface area contributed by atoms with Crippen molar-refractivity contribution in [2.45, 2.75) is 5.16 Å². The van der Waals surface area contributed by atoms with Crippen LogP contribution in [0.2, 0.25) is 0 Å². The number of non-ortho nitro benzene ring substituents is 1. The lowest BCUT2D eigenvalue weighted by molar-refractivity contribution is -0.384. The third kappa shape index (κ3) is 3.67. The summed E-state index contributed by atoms with van der Waals surface area (Å²) in [7, 11) is 0. The molecule has 2 N–H and O–H groups in total. The van der Waals surface area contributed by atoms with E-state index < -0.39 is 4.92 Å². The first-order valence-corrected chi connectivity index (χ1v) is 7.72. The first-order chi connectivity index (χ1) is 11.1. The van der Waals surface area contributed by atoms with Gasteiger partial charge in [-0.2, -0.15) is 0 Å². The van der Waals surface area contributed by atoms with Crippen LogP contribution in [0, 0.1) is 10.1 Å². The van der Waals surface area contributed by atoms with Crippen molar-refractivity contribution in [1.29, 1.82) is 0 Å². The lowest BCUT2D eigenvalue weighted by atomic mass is 10.3. The lowest BCUT2D eigenvalue weighted by Gasteiger charge is -2.03. The third-order valence-corrected chi connectivity index (χ3v) is 3.92. The fourth-order valence-electron chi connectivity index (χ4n) is 2.03. The Labute approximate surface area is 135 Å². The second-order valence-electron chi connectivity index (χ2n) is 4.70. The van der Waals surface area contributed by atoms with Crippen molar-refractivity contribution in [3.8, 4) is 0 Å². The van der Waals surface area contributed by atoms with Crippen molar-refractivity contribution in [1.82, 2.24) is 9.97 Å². The standard InChI is InChI=1S/C15H12N4O3S/c20-14(16-10-4-3-5-11(8-10)19(21)22)9-23-15-17-12-6-1-2-7-13(12)18-15/h1-8H,9H2,(H,16,20)(H,17,18). The molecule has 116 valence electrons. The number of amides is 1. The van der Waals surface area contributed by atoms with Crippen LogP contribution in [0.3, 0.4) is 0 Å². The van der Waals surface area contributed by atoms with Crippen LogP contribution in [0.25, 0.3) is 11.0 Å². The number of aromatic amines is 1. The van der Waals surface area contributed by atoms with E-state index in [9.17, 15) is 14.9 Å². The van der Waals surface area contributed by atoms with Gasteiger partial charge in [0, 0.05) is 17.8 Å². The quantitative estimate of drug-likeness (QED) is 0.425. The van der Waals surface area contributed by atoms with E-state index in [4.69, 9.17) is 0 Å². The number of thioether (sulfide) groups is 1. The van der Waals surface area contributed by atoms with Crippen LogP contribution < -0.4 is 5.32 Å². The number of anilines is 1. The highest BCUT2D eigenvalue weighted by molar-refractivity contribution is 7.99. The van der Waals surface area contributed by atoms with Gasteiger partial charge in [-0.3, -0.25) is 14.9 Å². The Morgan fingerprint density at radius 2 is 2.09 bits per heavy atom. The van der Waals surface area contributed by atoms with Crippen LogP contribution in [-0.4, -0.2) is 26.6 Å². The summed E-state index contributed by atoms with van der Waals surface area (Å²) in [5.74, 6) is -0.0985. The number of H-pyrrole nitrogens is 1. The van der Waals surface area contributed by atoms with Crippen LogP contribution in [0.15, 0.2) is 53.7 Å². The second kappa shape index (κ2) is 6.49. The molecule has 0 aliphatic heterocycles. The average molecular weight is 328 g/mol. The van der Waals surface area contributed by atoms with Crippen LogP contribution in [-0.2, 0) is 4.79 Å². The molecule has 7 nitrogen and oxygen atoms in total. The number of carbonyl (C=O) groups excluding carboxylic acids is 1. The van der Waals surface area contributed by atoms with E-state index in [-0.39, 0.29) is 17.3 Å². The van der Waals surface area contributed by atoms with Crippen molar-refractivity contribution in [2.75, 3.05) is 11.1 Å². The van der Waals surface area contributed by atoms with Gasteiger partial charge in [-0.25, -0.2) is 4.98 Å². The molecule has 0 unspecified atom stereocenters. The molecule has 0 aliphatic rings. The number of rotatable bonds is 5. The Morgan fingerprint density at radius 1 is 1.26 bits per heavy atom. The van der Waals surface area contributed by atoms with Gasteiger partial charge >= 0.3 is 0 Å². The fraction of sp³-hybridized carbons (Fsp3) is 0.0667. The maximum Gasteiger partial charge on any atom is 0.271 e. The van der Waals surface area contributed by atoms with E-state index in [1.165, 1.54) is 30.0 Å². The predicted octanol–water partition coefficient (Wildman–Crippen LogP) is 3.20. The molecule has 1 amide bonds. The van der Waals surface area contributed by atoms with Crippen LogP contribution in [0.5, 0.6) is 0 Å². The Bertz CT molecular complexity index is 845. The molecule has 0 bridgehead atoms. The van der Waals surface area contributed by atoms with Crippen LogP contribution in [0.1, 0.15) is 0 Å². The van der Waals surface area contributed by atoms with Crippen LogP contribution in [0.4, 0.5) is 11.4 Å². The summed E-state index contributed by atoms with van der Waals surface area (Å²) < 4.78 is 0. The highest BCUT2D eigenvalue weighted by atomic mass is 32.2. The summed E-state index contributed by atoms with van der Waals surface area (Å²) in [5, 5.41) is 14.0. The first-order valence-electron chi connectivity index (χ1n) is 6.74. The normalized spacial score (nSPS) is 10.6. The average Bonchev–Trinajstić information content (AvgIpc) is 2.96.